The van der Waals surface area contributed by atoms with Crippen molar-refractivity contribution in [3.63, 3.8) is 0 Å². The summed E-state index contributed by atoms with van der Waals surface area (Å²) in [4.78, 5) is 2.57. The van der Waals surface area contributed by atoms with Gasteiger partial charge in [-0.3, -0.25) is 0 Å². The molecule has 0 amide bonds. The third-order valence-corrected chi connectivity index (χ3v) is 5.98. The number of nitrogens with zero attached hydrogens (tertiary/aromatic N) is 1. The third kappa shape index (κ3) is 7.08. The van der Waals surface area contributed by atoms with Gasteiger partial charge >= 0.3 is 0 Å². The van der Waals surface area contributed by atoms with Crippen LogP contribution < -0.4 is 10.1 Å². The zero-order valence-electron chi connectivity index (χ0n) is 18.0. The van der Waals surface area contributed by atoms with Crippen LogP contribution in [0.2, 0.25) is 0 Å². The molecule has 3 rings (SSSR count). The van der Waals surface area contributed by atoms with Crippen LogP contribution in [-0.4, -0.2) is 42.9 Å². The van der Waals surface area contributed by atoms with Gasteiger partial charge in [0.25, 0.3) is 0 Å². The maximum Gasteiger partial charge on any atom is 0.123 e. The number of likely N-dealkylation sites (tertiary alicyclic amines) is 1. The van der Waals surface area contributed by atoms with Crippen molar-refractivity contribution in [2.45, 2.75) is 45.2 Å². The largest absolute Gasteiger partial charge is 0.491 e. The van der Waals surface area contributed by atoms with Crippen molar-refractivity contribution >= 4 is 0 Å². The molecule has 0 saturated carbocycles. The van der Waals surface area contributed by atoms with Crippen LogP contribution >= 0.6 is 0 Å². The van der Waals surface area contributed by atoms with Crippen LogP contribution in [0.25, 0.3) is 0 Å². The minimum Gasteiger partial charge on any atom is -0.491 e. The molecule has 0 bridgehead atoms. The van der Waals surface area contributed by atoms with Crippen molar-refractivity contribution in [1.82, 2.24) is 10.2 Å². The fourth-order valence-corrected chi connectivity index (χ4v) is 4.07. The van der Waals surface area contributed by atoms with E-state index in [4.69, 9.17) is 9.84 Å². The molecule has 30 heavy (non-hydrogen) atoms. The zero-order valence-corrected chi connectivity index (χ0v) is 18.0. The van der Waals surface area contributed by atoms with Gasteiger partial charge in [-0.25, -0.2) is 4.39 Å². The number of benzene rings is 2. The lowest BCUT2D eigenvalue weighted by Crippen LogP contribution is -2.34. The monoisotopic (exact) mass is 414 g/mol. The van der Waals surface area contributed by atoms with Gasteiger partial charge in [0, 0.05) is 18.2 Å². The first-order chi connectivity index (χ1) is 14.7. The first-order valence-corrected chi connectivity index (χ1v) is 11.2. The number of hydrogen-bond acceptors (Lipinski definition) is 4. The average Bonchev–Trinajstić information content (AvgIpc) is 2.77. The van der Waals surface area contributed by atoms with E-state index in [1.165, 1.54) is 38.1 Å². The molecule has 0 aliphatic carbocycles. The highest BCUT2D eigenvalue weighted by atomic mass is 19.1. The predicted octanol–water partition coefficient (Wildman–Crippen LogP) is 4.54. The molecule has 2 N–H and O–H groups in total. The molecule has 0 unspecified atom stereocenters. The van der Waals surface area contributed by atoms with E-state index in [2.05, 4.69) is 17.1 Å². The SMILES string of the molecule is CC1CCN(CCC[C@@H](NCc2ccccc2OCCO)c2ccc(F)cc2)CC1. The van der Waals surface area contributed by atoms with Gasteiger partial charge in [-0.05, 0) is 75.0 Å². The smallest absolute Gasteiger partial charge is 0.123 e. The summed E-state index contributed by atoms with van der Waals surface area (Å²) in [6.45, 7) is 6.79. The van der Waals surface area contributed by atoms with Crippen LogP contribution in [0.4, 0.5) is 4.39 Å². The van der Waals surface area contributed by atoms with Crippen molar-refractivity contribution < 1.29 is 14.2 Å². The molecule has 1 heterocycles. The van der Waals surface area contributed by atoms with Crippen LogP contribution in [0.1, 0.15) is 49.8 Å². The maximum atomic E-state index is 13.4. The van der Waals surface area contributed by atoms with Gasteiger partial charge in [0.05, 0.1) is 6.61 Å². The lowest BCUT2D eigenvalue weighted by atomic mass is 9.98. The van der Waals surface area contributed by atoms with E-state index in [0.717, 1.165) is 42.2 Å². The number of hydrogen-bond donors (Lipinski definition) is 2. The molecule has 1 atom stereocenters. The Morgan fingerprint density at radius 3 is 2.60 bits per heavy atom. The van der Waals surface area contributed by atoms with E-state index in [-0.39, 0.29) is 25.1 Å². The lowest BCUT2D eigenvalue weighted by Gasteiger charge is -2.30. The van der Waals surface area contributed by atoms with Crippen molar-refractivity contribution in [2.24, 2.45) is 5.92 Å². The van der Waals surface area contributed by atoms with Crippen molar-refractivity contribution in [3.05, 3.63) is 65.5 Å². The number of halogens is 1. The van der Waals surface area contributed by atoms with E-state index in [9.17, 15) is 4.39 Å². The molecule has 164 valence electrons. The minimum atomic E-state index is -0.206. The summed E-state index contributed by atoms with van der Waals surface area (Å²) in [6, 6.07) is 14.9. The Hall–Kier alpha value is -1.95. The van der Waals surface area contributed by atoms with Crippen LogP contribution in [0.3, 0.4) is 0 Å². The summed E-state index contributed by atoms with van der Waals surface area (Å²) in [5.41, 5.74) is 2.17. The number of rotatable bonds is 11. The number of piperidine rings is 1. The number of aliphatic hydroxyl groups excluding tert-OH is 1. The zero-order chi connectivity index (χ0) is 21.2. The highest BCUT2D eigenvalue weighted by Gasteiger charge is 2.17. The Morgan fingerprint density at radius 2 is 1.87 bits per heavy atom. The van der Waals surface area contributed by atoms with Gasteiger partial charge in [-0.15, -0.1) is 0 Å². The molecule has 4 nitrogen and oxygen atoms in total. The molecule has 1 aliphatic heterocycles. The minimum absolute atomic E-state index is 0.00472. The van der Waals surface area contributed by atoms with Crippen molar-refractivity contribution in [1.29, 1.82) is 0 Å². The van der Waals surface area contributed by atoms with Crippen LogP contribution in [-0.2, 0) is 6.54 Å². The fraction of sp³-hybridized carbons (Fsp3) is 0.520. The van der Waals surface area contributed by atoms with Crippen molar-refractivity contribution in [2.75, 3.05) is 32.8 Å². The van der Waals surface area contributed by atoms with Gasteiger partial charge < -0.3 is 20.1 Å². The van der Waals surface area contributed by atoms with Crippen LogP contribution in [0.15, 0.2) is 48.5 Å². The summed E-state index contributed by atoms with van der Waals surface area (Å²) in [5, 5.41) is 12.7. The van der Waals surface area contributed by atoms with Gasteiger partial charge in [0.2, 0.25) is 0 Å². The fourth-order valence-electron chi connectivity index (χ4n) is 4.07. The van der Waals surface area contributed by atoms with E-state index >= 15 is 0 Å². The molecule has 0 aromatic heterocycles. The molecule has 5 heteroatoms. The number of ether oxygens (including phenoxy) is 1. The lowest BCUT2D eigenvalue weighted by molar-refractivity contribution is 0.187. The molecule has 1 fully saturated rings. The first-order valence-electron chi connectivity index (χ1n) is 11.2. The highest BCUT2D eigenvalue weighted by molar-refractivity contribution is 5.33. The summed E-state index contributed by atoms with van der Waals surface area (Å²) in [6.07, 6.45) is 4.69. The summed E-state index contributed by atoms with van der Waals surface area (Å²) in [5.74, 6) is 1.44. The maximum absolute atomic E-state index is 13.4. The second-order valence-electron chi connectivity index (χ2n) is 8.33. The Bertz CT molecular complexity index is 745. The molecule has 2 aromatic rings. The number of aliphatic hydroxyl groups is 1. The average molecular weight is 415 g/mol. The third-order valence-electron chi connectivity index (χ3n) is 5.98. The number of para-hydroxylation sites is 1. The highest BCUT2D eigenvalue weighted by Crippen LogP contribution is 2.24. The Balaban J connectivity index is 1.59. The first kappa shape index (κ1) is 22.7. The standard InChI is InChI=1S/C25H35FN2O2/c1-20-12-15-28(16-13-20)14-4-6-24(21-8-10-23(26)11-9-21)27-19-22-5-2-3-7-25(22)30-18-17-29/h2-3,5,7-11,20,24,27,29H,4,6,12-19H2,1H3/t24-/m1/s1. The summed E-state index contributed by atoms with van der Waals surface area (Å²) < 4.78 is 19.1. The van der Waals surface area contributed by atoms with Gasteiger partial charge in [0.1, 0.15) is 18.2 Å². The second-order valence-corrected chi connectivity index (χ2v) is 8.33. The normalized spacial score (nSPS) is 16.5. The van der Waals surface area contributed by atoms with Gasteiger partial charge in [-0.2, -0.15) is 0 Å². The van der Waals surface area contributed by atoms with E-state index < -0.39 is 0 Å². The Morgan fingerprint density at radius 1 is 1.13 bits per heavy atom. The van der Waals surface area contributed by atoms with Gasteiger partial charge in [0.15, 0.2) is 0 Å². The summed E-state index contributed by atoms with van der Waals surface area (Å²) >= 11 is 0. The molecule has 1 saturated heterocycles. The molecule has 0 spiro atoms. The topological polar surface area (TPSA) is 44.7 Å². The van der Waals surface area contributed by atoms with E-state index in [0.29, 0.717) is 6.54 Å². The van der Waals surface area contributed by atoms with E-state index in [1.807, 2.05) is 36.4 Å². The summed E-state index contributed by atoms with van der Waals surface area (Å²) in [7, 11) is 0. The molecule has 2 aromatic carbocycles. The van der Waals surface area contributed by atoms with Crippen LogP contribution in [0.5, 0.6) is 5.75 Å². The van der Waals surface area contributed by atoms with Gasteiger partial charge in [-0.1, -0.05) is 37.3 Å². The predicted molar refractivity (Wildman–Crippen MR) is 119 cm³/mol. The Labute approximate surface area is 180 Å². The molecule has 0 radical (unpaired) electrons. The van der Waals surface area contributed by atoms with Crippen LogP contribution in [0, 0.1) is 11.7 Å². The second kappa shape index (κ2) is 12.0. The molecular formula is C25H35FN2O2. The Kier molecular flexibility index (Phi) is 9.12. The quantitative estimate of drug-likeness (QED) is 0.567. The molecular weight excluding hydrogens is 379 g/mol. The molecule has 1 aliphatic rings. The van der Waals surface area contributed by atoms with E-state index in [1.54, 1.807) is 0 Å². The number of nitrogens with one attached hydrogen (secondary N) is 1. The van der Waals surface area contributed by atoms with Crippen molar-refractivity contribution in [3.8, 4) is 5.75 Å².